The zero-order valence-corrected chi connectivity index (χ0v) is 10.6. The molecule has 3 N–H and O–H groups in total. The lowest BCUT2D eigenvalue weighted by molar-refractivity contribution is -0.482. The summed E-state index contributed by atoms with van der Waals surface area (Å²) in [5.74, 6) is -0.581. The van der Waals surface area contributed by atoms with Crippen molar-refractivity contribution < 1.29 is 9.72 Å². The summed E-state index contributed by atoms with van der Waals surface area (Å²) in [6, 6.07) is 5.55. The van der Waals surface area contributed by atoms with Gasteiger partial charge in [0, 0.05) is 27.9 Å². The molecule has 1 unspecified atom stereocenters. The summed E-state index contributed by atoms with van der Waals surface area (Å²) in [6.07, 6.45) is 1.96. The molecule has 2 aromatic rings. The average molecular weight is 261 g/mol. The molecule has 0 aliphatic carbocycles. The van der Waals surface area contributed by atoms with Gasteiger partial charge in [0.15, 0.2) is 0 Å². The van der Waals surface area contributed by atoms with Crippen molar-refractivity contribution in [2.75, 3.05) is 6.54 Å². The van der Waals surface area contributed by atoms with Crippen LogP contribution in [0.3, 0.4) is 0 Å². The highest BCUT2D eigenvalue weighted by atomic mass is 16.6. The summed E-state index contributed by atoms with van der Waals surface area (Å²) in [6.45, 7) is 1.69. The summed E-state index contributed by atoms with van der Waals surface area (Å²) in [7, 11) is 0. The first-order valence-corrected chi connectivity index (χ1v) is 5.97. The van der Waals surface area contributed by atoms with Gasteiger partial charge in [0.25, 0.3) is 0 Å². The first-order valence-electron chi connectivity index (χ1n) is 5.97. The smallest absolute Gasteiger partial charge is 0.221 e. The van der Waals surface area contributed by atoms with Gasteiger partial charge in [0.05, 0.1) is 6.42 Å². The van der Waals surface area contributed by atoms with Gasteiger partial charge in [-0.3, -0.25) is 14.9 Å². The molecule has 0 fully saturated rings. The van der Waals surface area contributed by atoms with Crippen LogP contribution in [0.4, 0.5) is 0 Å². The Kier molecular flexibility index (Phi) is 3.50. The number of amides is 1. The summed E-state index contributed by atoms with van der Waals surface area (Å²) >= 11 is 0. The number of fused-ring (bicyclic) bond motifs is 1. The topological polar surface area (TPSA) is 102 Å². The number of nitrogens with zero attached hydrogens (tertiary/aromatic N) is 1. The Hall–Kier alpha value is -2.37. The van der Waals surface area contributed by atoms with E-state index in [2.05, 4.69) is 4.98 Å². The zero-order chi connectivity index (χ0) is 14.0. The fourth-order valence-corrected chi connectivity index (χ4v) is 2.23. The van der Waals surface area contributed by atoms with Crippen LogP contribution in [0.1, 0.15) is 24.0 Å². The Morgan fingerprint density at radius 1 is 1.53 bits per heavy atom. The van der Waals surface area contributed by atoms with Crippen LogP contribution in [0.2, 0.25) is 0 Å². The van der Waals surface area contributed by atoms with Crippen molar-refractivity contribution in [3.8, 4) is 0 Å². The van der Waals surface area contributed by atoms with Gasteiger partial charge in [-0.1, -0.05) is 13.0 Å². The van der Waals surface area contributed by atoms with E-state index in [1.807, 2.05) is 25.1 Å². The van der Waals surface area contributed by atoms with Crippen molar-refractivity contribution in [3.63, 3.8) is 0 Å². The number of hydrogen-bond donors (Lipinski definition) is 2. The number of hydrogen-bond acceptors (Lipinski definition) is 3. The van der Waals surface area contributed by atoms with Crippen molar-refractivity contribution >= 4 is 16.8 Å². The van der Waals surface area contributed by atoms with Crippen molar-refractivity contribution in [3.05, 3.63) is 45.6 Å². The van der Waals surface area contributed by atoms with Crippen LogP contribution in [0, 0.1) is 10.1 Å². The van der Waals surface area contributed by atoms with Gasteiger partial charge in [0.1, 0.15) is 0 Å². The second-order valence-electron chi connectivity index (χ2n) is 4.68. The maximum absolute atomic E-state index is 10.9. The lowest BCUT2D eigenvalue weighted by atomic mass is 9.99. The van der Waals surface area contributed by atoms with Gasteiger partial charge in [-0.05, 0) is 23.3 Å². The van der Waals surface area contributed by atoms with E-state index >= 15 is 0 Å². The maximum atomic E-state index is 10.9. The molecule has 2 rings (SSSR count). The molecule has 1 aromatic heterocycles. The SMILES string of the molecule is CC(C[N+](=O)[O-])c1c[nH]c2ccc(CC(N)=O)cc12. The summed E-state index contributed by atoms with van der Waals surface area (Å²) < 4.78 is 0. The zero-order valence-electron chi connectivity index (χ0n) is 10.6. The van der Waals surface area contributed by atoms with Crippen LogP contribution in [-0.2, 0) is 11.2 Å². The molecule has 0 saturated carbocycles. The molecule has 1 heterocycles. The van der Waals surface area contributed by atoms with Crippen molar-refractivity contribution in [1.82, 2.24) is 4.98 Å². The molecule has 0 radical (unpaired) electrons. The lowest BCUT2D eigenvalue weighted by Crippen LogP contribution is -2.13. The van der Waals surface area contributed by atoms with Gasteiger partial charge in [-0.15, -0.1) is 0 Å². The van der Waals surface area contributed by atoms with Gasteiger partial charge in [-0.2, -0.15) is 0 Å². The number of benzene rings is 1. The highest BCUT2D eigenvalue weighted by Gasteiger charge is 2.16. The summed E-state index contributed by atoms with van der Waals surface area (Å²) in [5.41, 5.74) is 7.77. The van der Waals surface area contributed by atoms with Crippen LogP contribution >= 0.6 is 0 Å². The van der Waals surface area contributed by atoms with Crippen LogP contribution in [0.25, 0.3) is 10.9 Å². The Labute approximate surface area is 109 Å². The van der Waals surface area contributed by atoms with Crippen LogP contribution in [-0.4, -0.2) is 22.4 Å². The Bertz CT molecular complexity index is 633. The summed E-state index contributed by atoms with van der Waals surface area (Å²) in [5, 5.41) is 11.5. The number of aromatic amines is 1. The van der Waals surface area contributed by atoms with E-state index in [0.717, 1.165) is 22.0 Å². The van der Waals surface area contributed by atoms with Gasteiger partial charge in [-0.25, -0.2) is 0 Å². The number of aromatic nitrogens is 1. The molecular weight excluding hydrogens is 246 g/mol. The van der Waals surface area contributed by atoms with Crippen LogP contribution < -0.4 is 5.73 Å². The minimum Gasteiger partial charge on any atom is -0.369 e. The fourth-order valence-electron chi connectivity index (χ4n) is 2.23. The largest absolute Gasteiger partial charge is 0.369 e. The monoisotopic (exact) mass is 261 g/mol. The second kappa shape index (κ2) is 5.09. The number of nitrogens with one attached hydrogen (secondary N) is 1. The predicted octanol–water partition coefficient (Wildman–Crippen LogP) is 1.58. The summed E-state index contributed by atoms with van der Waals surface area (Å²) in [4.78, 5) is 24.3. The van der Waals surface area contributed by atoms with Gasteiger partial charge in [0.2, 0.25) is 12.5 Å². The molecule has 1 atom stereocenters. The molecule has 6 nitrogen and oxygen atoms in total. The van der Waals surface area contributed by atoms with Gasteiger partial charge < -0.3 is 10.7 Å². The van der Waals surface area contributed by atoms with E-state index in [4.69, 9.17) is 5.73 Å². The number of rotatable bonds is 5. The van der Waals surface area contributed by atoms with E-state index in [9.17, 15) is 14.9 Å². The van der Waals surface area contributed by atoms with Crippen LogP contribution in [0.15, 0.2) is 24.4 Å². The molecule has 0 saturated heterocycles. The molecule has 6 heteroatoms. The molecule has 1 amide bonds. The standard InChI is InChI=1S/C13H15N3O3/c1-8(7-16(18)19)11-6-15-12-3-2-9(4-10(11)12)5-13(14)17/h2-4,6,8,15H,5,7H2,1H3,(H2,14,17). The van der Waals surface area contributed by atoms with E-state index < -0.39 is 5.91 Å². The Balaban J connectivity index is 2.39. The number of H-pyrrole nitrogens is 1. The molecule has 0 aliphatic heterocycles. The third-order valence-corrected chi connectivity index (χ3v) is 3.11. The van der Waals surface area contributed by atoms with E-state index in [1.165, 1.54) is 0 Å². The number of carbonyl (C=O) groups is 1. The highest BCUT2D eigenvalue weighted by Crippen LogP contribution is 2.26. The third kappa shape index (κ3) is 2.90. The Morgan fingerprint density at radius 3 is 2.89 bits per heavy atom. The Morgan fingerprint density at radius 2 is 2.26 bits per heavy atom. The molecular formula is C13H15N3O3. The first kappa shape index (κ1) is 13.1. The van der Waals surface area contributed by atoms with Crippen molar-refractivity contribution in [2.45, 2.75) is 19.3 Å². The van der Waals surface area contributed by atoms with Crippen molar-refractivity contribution in [1.29, 1.82) is 0 Å². The molecule has 0 spiro atoms. The minimum absolute atomic E-state index is 0.118. The lowest BCUT2D eigenvalue weighted by Gasteiger charge is -2.06. The molecule has 1 aromatic carbocycles. The first-order chi connectivity index (χ1) is 8.97. The van der Waals surface area contributed by atoms with E-state index in [-0.39, 0.29) is 23.8 Å². The highest BCUT2D eigenvalue weighted by molar-refractivity contribution is 5.86. The fraction of sp³-hybridized carbons (Fsp3) is 0.308. The number of nitro groups is 1. The quantitative estimate of drug-likeness (QED) is 0.630. The van der Waals surface area contributed by atoms with Crippen molar-refractivity contribution in [2.24, 2.45) is 5.73 Å². The second-order valence-corrected chi connectivity index (χ2v) is 4.68. The third-order valence-electron chi connectivity index (χ3n) is 3.11. The number of carbonyl (C=O) groups excluding carboxylic acids is 1. The van der Waals surface area contributed by atoms with E-state index in [1.54, 1.807) is 6.20 Å². The van der Waals surface area contributed by atoms with Crippen LogP contribution in [0.5, 0.6) is 0 Å². The molecule has 0 aliphatic rings. The molecule has 19 heavy (non-hydrogen) atoms. The molecule has 100 valence electrons. The maximum Gasteiger partial charge on any atom is 0.221 e. The predicted molar refractivity (Wildman–Crippen MR) is 71.5 cm³/mol. The molecule has 0 bridgehead atoms. The normalized spacial score (nSPS) is 12.5. The number of nitrogens with two attached hydrogens (primary N) is 1. The average Bonchev–Trinajstić information content (AvgIpc) is 2.70. The van der Waals surface area contributed by atoms with E-state index in [0.29, 0.717) is 0 Å². The van der Waals surface area contributed by atoms with Gasteiger partial charge >= 0.3 is 0 Å². The number of primary amides is 1. The minimum atomic E-state index is -0.394.